The first-order chi connectivity index (χ1) is 8.31. The van der Waals surface area contributed by atoms with Crippen LogP contribution >= 0.6 is 11.3 Å². The quantitative estimate of drug-likeness (QED) is 0.872. The van der Waals surface area contributed by atoms with Gasteiger partial charge in [0.1, 0.15) is 12.4 Å². The highest BCUT2D eigenvalue weighted by molar-refractivity contribution is 7.09. The van der Waals surface area contributed by atoms with Gasteiger partial charge in [-0.05, 0) is 23.9 Å². The molecule has 1 atom stereocenters. The van der Waals surface area contributed by atoms with Gasteiger partial charge < -0.3 is 9.84 Å². The van der Waals surface area contributed by atoms with Crippen LogP contribution in [0.3, 0.4) is 0 Å². The number of benzene rings is 1. The minimum atomic E-state index is -0.450. The lowest BCUT2D eigenvalue weighted by Gasteiger charge is -2.14. The maximum Gasteiger partial charge on any atom is 0.125 e. The molecule has 2 nitrogen and oxygen atoms in total. The highest BCUT2D eigenvalue weighted by atomic mass is 32.1. The van der Waals surface area contributed by atoms with Crippen molar-refractivity contribution in [2.24, 2.45) is 0 Å². The Labute approximate surface area is 105 Å². The molecule has 0 aliphatic carbocycles. The second-order valence-corrected chi connectivity index (χ2v) is 4.86. The molecule has 0 bridgehead atoms. The van der Waals surface area contributed by atoms with Gasteiger partial charge >= 0.3 is 0 Å². The Morgan fingerprint density at radius 2 is 2.06 bits per heavy atom. The van der Waals surface area contributed by atoms with E-state index >= 15 is 0 Å². The molecule has 1 aromatic carbocycles. The van der Waals surface area contributed by atoms with Crippen molar-refractivity contribution in [1.82, 2.24) is 0 Å². The predicted octanol–water partition coefficient (Wildman–Crippen LogP) is 3.77. The maximum absolute atomic E-state index is 9.89. The van der Waals surface area contributed by atoms with Crippen LogP contribution in [0.4, 0.5) is 0 Å². The molecule has 3 heteroatoms. The first-order valence-corrected chi connectivity index (χ1v) is 6.61. The summed E-state index contributed by atoms with van der Waals surface area (Å²) in [5.74, 6) is 0.773. The molecule has 1 N–H and O–H groups in total. The number of rotatable bonds is 5. The van der Waals surface area contributed by atoms with Crippen molar-refractivity contribution in [2.45, 2.75) is 26.1 Å². The van der Waals surface area contributed by atoms with Gasteiger partial charge in [0.25, 0.3) is 0 Å². The van der Waals surface area contributed by atoms with Gasteiger partial charge in [0.05, 0.1) is 6.10 Å². The molecule has 0 spiro atoms. The average molecular weight is 248 g/mol. The van der Waals surface area contributed by atoms with E-state index < -0.39 is 6.10 Å². The average Bonchev–Trinajstić information content (AvgIpc) is 2.89. The zero-order chi connectivity index (χ0) is 12.1. The van der Waals surface area contributed by atoms with Gasteiger partial charge in [-0.15, -0.1) is 11.3 Å². The number of thiophene rings is 1. The Morgan fingerprint density at radius 1 is 1.24 bits per heavy atom. The zero-order valence-electron chi connectivity index (χ0n) is 9.80. The molecule has 0 fully saturated rings. The van der Waals surface area contributed by atoms with Gasteiger partial charge in [0.15, 0.2) is 0 Å². The largest absolute Gasteiger partial charge is 0.488 e. The zero-order valence-corrected chi connectivity index (χ0v) is 10.6. The number of para-hydroxylation sites is 1. The fourth-order valence-electron chi connectivity index (χ4n) is 1.65. The van der Waals surface area contributed by atoms with E-state index in [4.69, 9.17) is 4.74 Å². The summed E-state index contributed by atoms with van der Waals surface area (Å²) in [5.41, 5.74) is 0.867. The summed E-state index contributed by atoms with van der Waals surface area (Å²) < 4.78 is 5.75. The summed E-state index contributed by atoms with van der Waals surface area (Å²) in [6.45, 7) is 2.52. The van der Waals surface area contributed by atoms with Crippen molar-refractivity contribution in [3.8, 4) is 5.75 Å². The third-order valence-electron chi connectivity index (χ3n) is 2.61. The molecule has 0 aliphatic rings. The van der Waals surface area contributed by atoms with Gasteiger partial charge in [-0.3, -0.25) is 0 Å². The van der Waals surface area contributed by atoms with Crippen molar-refractivity contribution in [3.63, 3.8) is 0 Å². The topological polar surface area (TPSA) is 29.5 Å². The lowest BCUT2D eigenvalue weighted by Crippen LogP contribution is -2.01. The van der Waals surface area contributed by atoms with Crippen LogP contribution in [0.15, 0.2) is 41.8 Å². The summed E-state index contributed by atoms with van der Waals surface area (Å²) in [4.78, 5) is 1.19. The van der Waals surface area contributed by atoms with Crippen LogP contribution in [-0.4, -0.2) is 5.11 Å². The van der Waals surface area contributed by atoms with Crippen LogP contribution in [0.25, 0.3) is 0 Å². The third-order valence-corrected chi connectivity index (χ3v) is 3.46. The van der Waals surface area contributed by atoms with E-state index in [1.165, 1.54) is 4.88 Å². The monoisotopic (exact) mass is 248 g/mol. The van der Waals surface area contributed by atoms with Crippen LogP contribution in [0.2, 0.25) is 0 Å². The van der Waals surface area contributed by atoms with Crippen molar-refractivity contribution in [3.05, 3.63) is 52.2 Å². The molecular formula is C14H16O2S. The fraction of sp³-hybridized carbons (Fsp3) is 0.286. The molecule has 0 aliphatic heterocycles. The van der Waals surface area contributed by atoms with E-state index in [0.717, 1.165) is 11.3 Å². The van der Waals surface area contributed by atoms with Crippen LogP contribution in [0.1, 0.15) is 29.9 Å². The Hall–Kier alpha value is -1.32. The van der Waals surface area contributed by atoms with Crippen LogP contribution in [-0.2, 0) is 6.61 Å². The van der Waals surface area contributed by atoms with E-state index in [1.54, 1.807) is 11.3 Å². The summed E-state index contributed by atoms with van der Waals surface area (Å²) in [6, 6.07) is 11.7. The SMILES string of the molecule is CCC(O)c1ccccc1OCc1cccs1. The lowest BCUT2D eigenvalue weighted by molar-refractivity contribution is 0.166. The molecule has 0 saturated heterocycles. The molecule has 2 rings (SSSR count). The Bertz CT molecular complexity index is 451. The minimum absolute atomic E-state index is 0.450. The van der Waals surface area contributed by atoms with Crippen molar-refractivity contribution in [2.75, 3.05) is 0 Å². The Kier molecular flexibility index (Phi) is 4.18. The second-order valence-electron chi connectivity index (χ2n) is 3.83. The first kappa shape index (κ1) is 12.1. The van der Waals surface area contributed by atoms with E-state index in [0.29, 0.717) is 13.0 Å². The van der Waals surface area contributed by atoms with Crippen molar-refractivity contribution < 1.29 is 9.84 Å². The smallest absolute Gasteiger partial charge is 0.125 e. The summed E-state index contributed by atoms with van der Waals surface area (Å²) in [7, 11) is 0. The van der Waals surface area contributed by atoms with Crippen LogP contribution < -0.4 is 4.74 Å². The van der Waals surface area contributed by atoms with Gasteiger partial charge in [-0.2, -0.15) is 0 Å². The summed E-state index contributed by atoms with van der Waals surface area (Å²) in [6.07, 6.45) is 0.244. The molecule has 2 aromatic rings. The van der Waals surface area contributed by atoms with Gasteiger partial charge in [-0.25, -0.2) is 0 Å². The normalized spacial score (nSPS) is 12.4. The highest BCUT2D eigenvalue weighted by Crippen LogP contribution is 2.27. The lowest BCUT2D eigenvalue weighted by atomic mass is 10.1. The number of hydrogen-bond acceptors (Lipinski definition) is 3. The number of ether oxygens (including phenoxy) is 1. The number of hydrogen-bond donors (Lipinski definition) is 1. The molecule has 90 valence electrons. The molecule has 0 amide bonds. The molecular weight excluding hydrogens is 232 g/mol. The van der Waals surface area contributed by atoms with Gasteiger partial charge in [0, 0.05) is 10.4 Å². The van der Waals surface area contributed by atoms with Crippen molar-refractivity contribution >= 4 is 11.3 Å². The number of aliphatic hydroxyl groups excluding tert-OH is 1. The molecule has 17 heavy (non-hydrogen) atoms. The maximum atomic E-state index is 9.89. The molecule has 1 heterocycles. The Balaban J connectivity index is 2.09. The van der Waals surface area contributed by atoms with E-state index in [2.05, 4.69) is 0 Å². The molecule has 0 saturated carbocycles. The predicted molar refractivity (Wildman–Crippen MR) is 70.3 cm³/mol. The van der Waals surface area contributed by atoms with Gasteiger partial charge in [-0.1, -0.05) is 31.2 Å². The van der Waals surface area contributed by atoms with Gasteiger partial charge in [0.2, 0.25) is 0 Å². The second kappa shape index (κ2) is 5.84. The highest BCUT2D eigenvalue weighted by Gasteiger charge is 2.10. The summed E-state index contributed by atoms with van der Waals surface area (Å²) >= 11 is 1.67. The third kappa shape index (κ3) is 3.08. The fourth-order valence-corrected chi connectivity index (χ4v) is 2.27. The van der Waals surface area contributed by atoms with Crippen LogP contribution in [0.5, 0.6) is 5.75 Å². The number of aliphatic hydroxyl groups is 1. The van der Waals surface area contributed by atoms with Crippen molar-refractivity contribution in [1.29, 1.82) is 0 Å². The van der Waals surface area contributed by atoms with E-state index in [-0.39, 0.29) is 0 Å². The van der Waals surface area contributed by atoms with E-state index in [9.17, 15) is 5.11 Å². The molecule has 1 unspecified atom stereocenters. The molecule has 0 radical (unpaired) electrons. The molecule has 1 aromatic heterocycles. The summed E-state index contributed by atoms with van der Waals surface area (Å²) in [5, 5.41) is 11.9. The first-order valence-electron chi connectivity index (χ1n) is 5.73. The van der Waals surface area contributed by atoms with Crippen LogP contribution in [0, 0.1) is 0 Å². The Morgan fingerprint density at radius 3 is 2.76 bits per heavy atom. The standard InChI is InChI=1S/C14H16O2S/c1-2-13(15)12-7-3-4-8-14(12)16-10-11-6-5-9-17-11/h3-9,13,15H,2,10H2,1H3. The minimum Gasteiger partial charge on any atom is -0.488 e. The van der Waals surface area contributed by atoms with E-state index in [1.807, 2.05) is 48.7 Å².